The lowest BCUT2D eigenvalue weighted by molar-refractivity contribution is -0.137. The lowest BCUT2D eigenvalue weighted by atomic mass is 9.98. The fourth-order valence-corrected chi connectivity index (χ4v) is 4.28. The average molecular weight is 426 g/mol. The number of ether oxygens (including phenoxy) is 1. The van der Waals surface area contributed by atoms with E-state index in [4.69, 9.17) is 16.3 Å². The summed E-state index contributed by atoms with van der Waals surface area (Å²) in [4.78, 5) is 23.8. The van der Waals surface area contributed by atoms with Crippen LogP contribution in [0.4, 0.5) is 4.79 Å². The second-order valence-corrected chi connectivity index (χ2v) is 7.53. The lowest BCUT2D eigenvalue weighted by Gasteiger charge is -2.19. The number of nitrogens with zero attached hydrogens (tertiary/aromatic N) is 2. The Morgan fingerprint density at radius 2 is 1.77 bits per heavy atom. The number of hydrogen-bond donors (Lipinski definition) is 2. The second-order valence-electron chi connectivity index (χ2n) is 7.12. The summed E-state index contributed by atoms with van der Waals surface area (Å²) >= 11 is 6.13. The van der Waals surface area contributed by atoms with Gasteiger partial charge in [-0.15, -0.1) is 0 Å². The molecular weight excluding hydrogens is 406 g/mol. The van der Waals surface area contributed by atoms with Crippen LogP contribution in [-0.2, 0) is 16.6 Å². The number of aryl methyl sites for hydroxylation is 1. The van der Waals surface area contributed by atoms with Gasteiger partial charge < -0.3 is 15.2 Å². The van der Waals surface area contributed by atoms with Crippen molar-refractivity contribution in [1.29, 1.82) is 0 Å². The van der Waals surface area contributed by atoms with Crippen LogP contribution in [0.15, 0.2) is 54.7 Å². The second kappa shape index (κ2) is 8.20. The van der Waals surface area contributed by atoms with Crippen LogP contribution in [0.2, 0.25) is 5.02 Å². The molecule has 0 fully saturated rings. The number of fused-ring (bicyclic) bond motifs is 3. The van der Waals surface area contributed by atoms with Gasteiger partial charge in [-0.1, -0.05) is 60.1 Å². The van der Waals surface area contributed by atoms with E-state index >= 15 is 0 Å². The van der Waals surface area contributed by atoms with E-state index in [1.807, 2.05) is 36.4 Å². The van der Waals surface area contributed by atoms with Crippen LogP contribution in [0, 0.1) is 0 Å². The van der Waals surface area contributed by atoms with Gasteiger partial charge in [-0.05, 0) is 22.3 Å². The van der Waals surface area contributed by atoms with Gasteiger partial charge in [0.15, 0.2) is 0 Å². The van der Waals surface area contributed by atoms with E-state index < -0.39 is 18.1 Å². The Labute approximate surface area is 178 Å². The molecule has 7 nitrogen and oxygen atoms in total. The van der Waals surface area contributed by atoms with Gasteiger partial charge in [0.2, 0.25) is 0 Å². The molecule has 1 atom stereocenters. The summed E-state index contributed by atoms with van der Waals surface area (Å²) in [6.07, 6.45) is 0.356. The molecule has 1 aliphatic carbocycles. The lowest BCUT2D eigenvalue weighted by Crippen LogP contribution is -2.33. The summed E-state index contributed by atoms with van der Waals surface area (Å²) in [5, 5.41) is 16.1. The van der Waals surface area contributed by atoms with E-state index in [1.54, 1.807) is 7.05 Å². The molecule has 1 heterocycles. The summed E-state index contributed by atoms with van der Waals surface area (Å²) in [7, 11) is 1.63. The molecule has 30 heavy (non-hydrogen) atoms. The number of carboxylic acids is 1. The molecule has 1 amide bonds. The van der Waals surface area contributed by atoms with Gasteiger partial charge in [0, 0.05) is 13.0 Å². The number of benzene rings is 2. The molecule has 1 aliphatic rings. The maximum Gasteiger partial charge on any atom is 0.407 e. The first kappa shape index (κ1) is 20.0. The zero-order valence-corrected chi connectivity index (χ0v) is 17.0. The molecule has 1 aromatic heterocycles. The Morgan fingerprint density at radius 3 is 2.30 bits per heavy atom. The standard InChI is InChI=1S/C22H20ClN3O4/c1-26-21(18(23)11-24-26)19(10-20(27)28)25-22(29)30-12-17-15-8-4-2-6-13(15)14-7-3-5-9-16(14)17/h2-9,11,17,19H,10,12H2,1H3,(H,25,29)(H,27,28)/t19-/m1/s1. The van der Waals surface area contributed by atoms with Crippen molar-refractivity contribution in [2.75, 3.05) is 6.61 Å². The van der Waals surface area contributed by atoms with Crippen LogP contribution in [0.1, 0.15) is 35.2 Å². The first-order valence-electron chi connectivity index (χ1n) is 9.46. The zero-order chi connectivity index (χ0) is 21.3. The van der Waals surface area contributed by atoms with E-state index in [2.05, 4.69) is 22.5 Å². The van der Waals surface area contributed by atoms with Crippen LogP contribution in [0.25, 0.3) is 11.1 Å². The SMILES string of the molecule is Cn1ncc(Cl)c1[C@@H](CC(=O)O)NC(=O)OCC1c2ccccc2-c2ccccc21. The quantitative estimate of drug-likeness (QED) is 0.619. The van der Waals surface area contributed by atoms with Gasteiger partial charge in [-0.25, -0.2) is 4.79 Å². The highest BCUT2D eigenvalue weighted by molar-refractivity contribution is 6.31. The Balaban J connectivity index is 1.50. The van der Waals surface area contributed by atoms with Crippen molar-refractivity contribution in [3.8, 4) is 11.1 Å². The third kappa shape index (κ3) is 3.76. The highest BCUT2D eigenvalue weighted by atomic mass is 35.5. The maximum absolute atomic E-state index is 12.5. The highest BCUT2D eigenvalue weighted by Gasteiger charge is 2.30. The minimum Gasteiger partial charge on any atom is -0.481 e. The summed E-state index contributed by atoms with van der Waals surface area (Å²) in [5.74, 6) is -1.16. The van der Waals surface area contributed by atoms with Crippen LogP contribution in [-0.4, -0.2) is 33.6 Å². The molecule has 0 unspecified atom stereocenters. The number of hydrogen-bond acceptors (Lipinski definition) is 4. The minimum absolute atomic E-state index is 0.0821. The first-order valence-corrected chi connectivity index (χ1v) is 9.84. The number of carboxylic acid groups (broad SMARTS) is 1. The Morgan fingerprint density at radius 1 is 1.17 bits per heavy atom. The van der Waals surface area contributed by atoms with Crippen molar-refractivity contribution in [3.63, 3.8) is 0 Å². The largest absolute Gasteiger partial charge is 0.481 e. The predicted molar refractivity (Wildman–Crippen MR) is 111 cm³/mol. The van der Waals surface area contributed by atoms with E-state index in [-0.39, 0.29) is 24.0 Å². The molecule has 0 saturated carbocycles. The highest BCUT2D eigenvalue weighted by Crippen LogP contribution is 2.44. The molecule has 0 bridgehead atoms. The number of alkyl carbamates (subject to hydrolysis) is 1. The predicted octanol–water partition coefficient (Wildman–Crippen LogP) is 4.13. The Hall–Kier alpha value is -3.32. The third-order valence-corrected chi connectivity index (χ3v) is 5.57. The van der Waals surface area contributed by atoms with Crippen molar-refractivity contribution < 1.29 is 19.4 Å². The van der Waals surface area contributed by atoms with Crippen molar-refractivity contribution in [1.82, 2.24) is 15.1 Å². The molecule has 4 rings (SSSR count). The summed E-state index contributed by atoms with van der Waals surface area (Å²) < 4.78 is 6.96. The normalized spacial score (nSPS) is 13.4. The van der Waals surface area contributed by atoms with E-state index in [1.165, 1.54) is 10.9 Å². The van der Waals surface area contributed by atoms with Gasteiger partial charge in [0.25, 0.3) is 0 Å². The smallest absolute Gasteiger partial charge is 0.407 e. The van der Waals surface area contributed by atoms with Gasteiger partial charge in [-0.2, -0.15) is 5.10 Å². The Kier molecular flexibility index (Phi) is 5.46. The number of carbonyl (C=O) groups is 2. The number of carbonyl (C=O) groups excluding carboxylic acids is 1. The van der Waals surface area contributed by atoms with Crippen LogP contribution in [0.3, 0.4) is 0 Å². The monoisotopic (exact) mass is 425 g/mol. The number of nitrogens with one attached hydrogen (secondary N) is 1. The average Bonchev–Trinajstić information content (AvgIpc) is 3.22. The molecule has 0 radical (unpaired) electrons. The van der Waals surface area contributed by atoms with Crippen LogP contribution in [0.5, 0.6) is 0 Å². The number of rotatable bonds is 6. The van der Waals surface area contributed by atoms with Gasteiger partial charge in [-0.3, -0.25) is 9.48 Å². The third-order valence-electron chi connectivity index (χ3n) is 5.28. The van der Waals surface area contributed by atoms with Gasteiger partial charge in [0.05, 0.1) is 29.4 Å². The molecule has 0 saturated heterocycles. The molecule has 2 aromatic carbocycles. The topological polar surface area (TPSA) is 93.5 Å². The molecule has 3 aromatic rings. The Bertz CT molecular complexity index is 1050. The number of aliphatic carboxylic acids is 1. The number of aromatic nitrogens is 2. The van der Waals surface area contributed by atoms with Crippen molar-refractivity contribution in [3.05, 3.63) is 76.6 Å². The number of amides is 1. The fourth-order valence-electron chi connectivity index (χ4n) is 3.99. The van der Waals surface area contributed by atoms with Gasteiger partial charge >= 0.3 is 12.1 Å². The minimum atomic E-state index is -1.07. The fraction of sp³-hybridized carbons (Fsp3) is 0.227. The van der Waals surface area contributed by atoms with Crippen LogP contribution >= 0.6 is 11.6 Å². The summed E-state index contributed by atoms with van der Waals surface area (Å²) in [6, 6.07) is 15.2. The molecule has 0 aliphatic heterocycles. The van der Waals surface area contributed by atoms with Crippen molar-refractivity contribution in [2.24, 2.45) is 7.05 Å². The van der Waals surface area contributed by atoms with Crippen molar-refractivity contribution >= 4 is 23.7 Å². The van der Waals surface area contributed by atoms with Crippen molar-refractivity contribution in [2.45, 2.75) is 18.4 Å². The molecular formula is C22H20ClN3O4. The summed E-state index contributed by atoms with van der Waals surface area (Å²) in [5.41, 5.74) is 4.87. The maximum atomic E-state index is 12.5. The molecule has 0 spiro atoms. The molecule has 154 valence electrons. The number of halogens is 1. The summed E-state index contributed by atoms with van der Waals surface area (Å²) in [6.45, 7) is 0.138. The molecule has 8 heteroatoms. The van der Waals surface area contributed by atoms with E-state index in [9.17, 15) is 14.7 Å². The zero-order valence-electron chi connectivity index (χ0n) is 16.2. The first-order chi connectivity index (χ1) is 14.5. The van der Waals surface area contributed by atoms with Crippen LogP contribution < -0.4 is 5.32 Å². The van der Waals surface area contributed by atoms with E-state index in [0.29, 0.717) is 5.69 Å². The molecule has 2 N–H and O–H groups in total. The van der Waals surface area contributed by atoms with E-state index in [0.717, 1.165) is 22.3 Å². The van der Waals surface area contributed by atoms with Gasteiger partial charge in [0.1, 0.15) is 6.61 Å².